The molecule has 6 heteroatoms. The molecule has 0 amide bonds. The van der Waals surface area contributed by atoms with Gasteiger partial charge in [-0.15, -0.1) is 0 Å². The van der Waals surface area contributed by atoms with Crippen molar-refractivity contribution in [1.82, 2.24) is 19.9 Å². The van der Waals surface area contributed by atoms with Crippen molar-refractivity contribution in [1.29, 1.82) is 0 Å². The highest BCUT2D eigenvalue weighted by Crippen LogP contribution is 2.38. The molecule has 0 fully saturated rings. The predicted octanol–water partition coefficient (Wildman–Crippen LogP) is 2.56. The molecule has 0 saturated carbocycles. The van der Waals surface area contributed by atoms with Gasteiger partial charge < -0.3 is 0 Å². The number of nitrogens with zero attached hydrogens (tertiary/aromatic N) is 3. The van der Waals surface area contributed by atoms with Crippen LogP contribution in [0.2, 0.25) is 0 Å². The Hall–Kier alpha value is -3.67. The first-order valence-corrected chi connectivity index (χ1v) is 7.82. The summed E-state index contributed by atoms with van der Waals surface area (Å²) in [7, 11) is 0. The zero-order valence-electron chi connectivity index (χ0n) is 12.7. The second-order valence-corrected chi connectivity index (χ2v) is 6.10. The van der Waals surface area contributed by atoms with Gasteiger partial charge >= 0.3 is 0 Å². The third-order valence-electron chi connectivity index (χ3n) is 4.81. The molecule has 6 rings (SSSR count). The minimum atomic E-state index is -0.393. The Morgan fingerprint density at radius 3 is 2.24 bits per heavy atom. The Morgan fingerprint density at radius 1 is 0.720 bits per heavy atom. The van der Waals surface area contributed by atoms with E-state index in [0.29, 0.717) is 38.2 Å². The van der Waals surface area contributed by atoms with Gasteiger partial charge in [0.25, 0.3) is 11.1 Å². The van der Waals surface area contributed by atoms with E-state index >= 15 is 0 Å². The van der Waals surface area contributed by atoms with Gasteiger partial charge in [-0.1, -0.05) is 18.2 Å². The lowest BCUT2D eigenvalue weighted by molar-refractivity contribution is 1.26. The second-order valence-electron chi connectivity index (χ2n) is 6.10. The largest absolute Gasteiger partial charge is 0.288 e. The average Bonchev–Trinajstić information content (AvgIpc) is 3.26. The molecule has 0 aliphatic rings. The number of hydrogen-bond donors (Lipinski definition) is 1. The molecule has 0 saturated heterocycles. The fourth-order valence-corrected chi connectivity index (χ4v) is 3.84. The van der Waals surface area contributed by atoms with Gasteiger partial charge in [0.1, 0.15) is 5.52 Å². The smallest absolute Gasteiger partial charge is 0.259 e. The van der Waals surface area contributed by atoms with E-state index < -0.39 is 5.56 Å². The molecule has 1 N–H and O–H groups in total. The van der Waals surface area contributed by atoms with Gasteiger partial charge in [0.2, 0.25) is 0 Å². The number of aromatic amines is 1. The zero-order valence-corrected chi connectivity index (χ0v) is 12.7. The van der Waals surface area contributed by atoms with Crippen LogP contribution in [0.5, 0.6) is 0 Å². The molecule has 0 bridgehead atoms. The number of rotatable bonds is 0. The van der Waals surface area contributed by atoms with Crippen LogP contribution in [0.1, 0.15) is 0 Å². The zero-order chi connectivity index (χ0) is 16.7. The average molecular weight is 324 g/mol. The number of benzene rings is 2. The fourth-order valence-electron chi connectivity index (χ4n) is 3.84. The van der Waals surface area contributed by atoms with Crippen LogP contribution in [0.4, 0.5) is 0 Å². The van der Waals surface area contributed by atoms with E-state index in [-0.39, 0.29) is 5.56 Å². The quantitative estimate of drug-likeness (QED) is 0.464. The van der Waals surface area contributed by atoms with Crippen LogP contribution in [0, 0.1) is 0 Å². The van der Waals surface area contributed by atoms with Gasteiger partial charge in [-0.05, 0) is 18.2 Å². The molecule has 6 nitrogen and oxygen atoms in total. The van der Waals surface area contributed by atoms with Gasteiger partial charge in [0, 0.05) is 27.7 Å². The van der Waals surface area contributed by atoms with Gasteiger partial charge in [-0.3, -0.25) is 14.6 Å². The van der Waals surface area contributed by atoms with Crippen molar-refractivity contribution in [2.24, 2.45) is 0 Å². The SMILES string of the molecule is O=c1[nH]c(=O)c2c1c1c3ccccc3nc1c1nc3ncccc3c12. The molecule has 116 valence electrons. The molecule has 2 aromatic carbocycles. The molecule has 0 aliphatic carbocycles. The van der Waals surface area contributed by atoms with Crippen molar-refractivity contribution in [3.8, 4) is 0 Å². The van der Waals surface area contributed by atoms with Crippen molar-refractivity contribution in [3.63, 3.8) is 0 Å². The summed E-state index contributed by atoms with van der Waals surface area (Å²) in [5, 5.41) is 3.70. The predicted molar refractivity (Wildman–Crippen MR) is 96.6 cm³/mol. The number of fused-ring (bicyclic) bond motifs is 10. The van der Waals surface area contributed by atoms with Crippen molar-refractivity contribution >= 4 is 54.5 Å². The van der Waals surface area contributed by atoms with Crippen LogP contribution >= 0.6 is 0 Å². The Labute approximate surface area is 138 Å². The van der Waals surface area contributed by atoms with Crippen LogP contribution in [0.15, 0.2) is 52.2 Å². The molecular formula is C19H8N4O2. The number of H-pyrrole nitrogens is 1. The molecule has 0 aliphatic heterocycles. The normalized spacial score (nSPS) is 12.3. The first-order valence-electron chi connectivity index (χ1n) is 7.82. The summed E-state index contributed by atoms with van der Waals surface area (Å²) in [5.41, 5.74) is 1.80. The first-order chi connectivity index (χ1) is 12.2. The summed E-state index contributed by atoms with van der Waals surface area (Å²) in [6.45, 7) is 0. The molecule has 0 spiro atoms. The van der Waals surface area contributed by atoms with Crippen molar-refractivity contribution in [3.05, 3.63) is 63.3 Å². The van der Waals surface area contributed by atoms with Crippen LogP contribution in [0.3, 0.4) is 0 Å². The highest BCUT2D eigenvalue weighted by atomic mass is 16.2. The minimum Gasteiger partial charge on any atom is -0.288 e. The lowest BCUT2D eigenvalue weighted by Crippen LogP contribution is -2.05. The summed E-state index contributed by atoms with van der Waals surface area (Å²) < 4.78 is 0. The summed E-state index contributed by atoms with van der Waals surface area (Å²) in [4.78, 5) is 41.1. The Balaban J connectivity index is 2.14. The number of hydrogen-bond acceptors (Lipinski definition) is 5. The lowest BCUT2D eigenvalue weighted by atomic mass is 10.0. The van der Waals surface area contributed by atoms with E-state index in [9.17, 15) is 9.59 Å². The third-order valence-corrected chi connectivity index (χ3v) is 4.81. The van der Waals surface area contributed by atoms with Crippen LogP contribution in [-0.4, -0.2) is 19.9 Å². The maximum atomic E-state index is 12.5. The van der Waals surface area contributed by atoms with Crippen LogP contribution in [0.25, 0.3) is 54.5 Å². The summed E-state index contributed by atoms with van der Waals surface area (Å²) in [6.07, 6.45) is 1.66. The standard InChI is InChI=1S/C19H8N4O2/c24-18-13-11-8-4-1-2-6-10(8)21-15(11)16-12(14(13)19(25)23-18)9-5-3-7-20-17(9)22-16/h1-7H,(H,23,24,25). The highest BCUT2D eigenvalue weighted by Gasteiger charge is 2.23. The van der Waals surface area contributed by atoms with Crippen molar-refractivity contribution in [2.75, 3.05) is 0 Å². The van der Waals surface area contributed by atoms with Gasteiger partial charge in [-0.2, -0.15) is 0 Å². The monoisotopic (exact) mass is 324 g/mol. The van der Waals surface area contributed by atoms with E-state index in [1.807, 2.05) is 30.3 Å². The fraction of sp³-hybridized carbons (Fsp3) is 0. The topological polar surface area (TPSA) is 88.6 Å². The summed E-state index contributed by atoms with van der Waals surface area (Å²) in [5.74, 6) is 0. The van der Waals surface area contributed by atoms with Crippen molar-refractivity contribution in [2.45, 2.75) is 0 Å². The number of aromatic nitrogens is 4. The molecule has 4 aromatic heterocycles. The van der Waals surface area contributed by atoms with E-state index in [0.717, 1.165) is 16.3 Å². The molecule has 6 aromatic rings. The molecule has 25 heavy (non-hydrogen) atoms. The third kappa shape index (κ3) is 1.38. The summed E-state index contributed by atoms with van der Waals surface area (Å²) in [6, 6.07) is 11.3. The van der Waals surface area contributed by atoms with E-state index in [2.05, 4.69) is 15.0 Å². The molecule has 0 atom stereocenters. The van der Waals surface area contributed by atoms with E-state index in [1.165, 1.54) is 0 Å². The van der Waals surface area contributed by atoms with Gasteiger partial charge in [-0.25, -0.2) is 15.0 Å². The van der Waals surface area contributed by atoms with Gasteiger partial charge in [0.05, 0.1) is 21.8 Å². The highest BCUT2D eigenvalue weighted by molar-refractivity contribution is 6.34. The second kappa shape index (κ2) is 4.05. The first kappa shape index (κ1) is 12.7. The minimum absolute atomic E-state index is 0.376. The Kier molecular flexibility index (Phi) is 2.06. The lowest BCUT2D eigenvalue weighted by Gasteiger charge is -1.97. The van der Waals surface area contributed by atoms with Crippen LogP contribution in [-0.2, 0) is 0 Å². The van der Waals surface area contributed by atoms with Crippen molar-refractivity contribution < 1.29 is 0 Å². The molecular weight excluding hydrogens is 316 g/mol. The van der Waals surface area contributed by atoms with Gasteiger partial charge in [0.15, 0.2) is 5.65 Å². The Morgan fingerprint density at radius 2 is 1.40 bits per heavy atom. The van der Waals surface area contributed by atoms with E-state index in [1.54, 1.807) is 12.3 Å². The molecule has 0 unspecified atom stereocenters. The Bertz CT molecular complexity index is 1470. The van der Waals surface area contributed by atoms with E-state index in [4.69, 9.17) is 4.98 Å². The maximum Gasteiger partial charge on any atom is 0.259 e. The molecule has 4 heterocycles. The maximum absolute atomic E-state index is 12.5. The van der Waals surface area contributed by atoms with Crippen LogP contribution < -0.4 is 11.1 Å². The molecule has 0 radical (unpaired) electrons. The number of nitrogens with one attached hydrogen (secondary N) is 1. The number of para-hydroxylation sites is 1. The number of pyridine rings is 1. The summed E-state index contributed by atoms with van der Waals surface area (Å²) >= 11 is 0.